The molecule has 0 amide bonds. The highest BCUT2D eigenvalue weighted by molar-refractivity contribution is 6.05. The maximum Gasteiger partial charge on any atom is 0.346 e. The van der Waals surface area contributed by atoms with Gasteiger partial charge in [-0.15, -0.1) is 0 Å². The Morgan fingerprint density at radius 3 is 1.31 bits per heavy atom. The third-order valence-corrected chi connectivity index (χ3v) is 16.2. The van der Waals surface area contributed by atoms with Gasteiger partial charge >= 0.3 is 11.9 Å². The number of aromatic nitrogens is 6. The van der Waals surface area contributed by atoms with Crippen LogP contribution in [0.2, 0.25) is 0 Å². The standard InChI is InChI=1S/C68H52F6N8O7/c1-67(2)59(19-21-87-67)81-57-27-39(15-17-55(57)77-61(81)29-43-25-51(73)45(31-49(43)71)53-7-5-9-63(79-53)85-35-41-13-11-37(33-75)23-47(41)69)65(83)89-66(84)40-16-18-56-58(28-40)82(60-20-22-88-68(60,3)4)62(78-56)30-44-26-52(74)46(32-50(44)72)54-8-6-10-64(80-54)86-36-42-14-12-38(34-76)24-48(42)70/h5-18,23-28,31-32,59-60H,19-22,29-30,35-36H2,1-4H3. The Kier molecular flexibility index (Phi) is 15.8. The van der Waals surface area contributed by atoms with E-state index in [1.54, 1.807) is 24.3 Å². The highest BCUT2D eigenvalue weighted by Crippen LogP contribution is 2.42. The van der Waals surface area contributed by atoms with Crippen LogP contribution in [0.25, 0.3) is 44.6 Å². The van der Waals surface area contributed by atoms with Gasteiger partial charge in [0.15, 0.2) is 0 Å². The fourth-order valence-corrected chi connectivity index (χ4v) is 11.6. The molecule has 2 atom stereocenters. The number of hydrogen-bond acceptors (Lipinski definition) is 13. The molecule has 0 saturated carbocycles. The zero-order valence-electron chi connectivity index (χ0n) is 48.2. The predicted molar refractivity (Wildman–Crippen MR) is 312 cm³/mol. The molecule has 2 aliphatic rings. The van der Waals surface area contributed by atoms with Gasteiger partial charge in [0.1, 0.15) is 59.8 Å². The third-order valence-electron chi connectivity index (χ3n) is 16.2. The highest BCUT2D eigenvalue weighted by atomic mass is 19.1. The van der Waals surface area contributed by atoms with Crippen molar-refractivity contribution in [2.75, 3.05) is 13.2 Å². The molecule has 0 radical (unpaired) electrons. The molecule has 2 fully saturated rings. The summed E-state index contributed by atoms with van der Waals surface area (Å²) in [5, 5.41) is 18.2. The quantitative estimate of drug-likeness (QED) is 0.0505. The third kappa shape index (κ3) is 11.9. The second kappa shape index (κ2) is 23.8. The molecule has 0 bridgehead atoms. The largest absolute Gasteiger partial charge is 0.473 e. The van der Waals surface area contributed by atoms with E-state index in [0.717, 1.165) is 36.4 Å². The van der Waals surface area contributed by atoms with Crippen molar-refractivity contribution in [2.24, 2.45) is 0 Å². The second-order valence-electron chi connectivity index (χ2n) is 22.7. The Morgan fingerprint density at radius 1 is 0.517 bits per heavy atom. The molecule has 2 unspecified atom stereocenters. The first-order chi connectivity index (χ1) is 42.7. The molecule has 6 heterocycles. The SMILES string of the molecule is CC1(C)OCCC1n1c(Cc2cc(F)c(-c3cccc(OCc4ccc(C#N)cc4F)n3)cc2F)nc2ccc(C(=O)OC(=O)c3ccc4nc(Cc5cc(F)c(-c6cccc(OCc7ccc(C#N)cc7F)n6)cc5F)n(C5CCOC5(C)C)c4c3)cc21. The van der Waals surface area contributed by atoms with Crippen LogP contribution in [0.3, 0.4) is 0 Å². The fourth-order valence-electron chi connectivity index (χ4n) is 11.6. The van der Waals surface area contributed by atoms with Crippen LogP contribution >= 0.6 is 0 Å². The Labute approximate surface area is 505 Å². The predicted octanol–water partition coefficient (Wildman–Crippen LogP) is 13.9. The van der Waals surface area contributed by atoms with E-state index >= 15 is 17.6 Å². The van der Waals surface area contributed by atoms with E-state index in [9.17, 15) is 18.4 Å². The van der Waals surface area contributed by atoms with Gasteiger partial charge in [-0.3, -0.25) is 0 Å². The summed E-state index contributed by atoms with van der Waals surface area (Å²) in [6, 6.07) is 33.2. The van der Waals surface area contributed by atoms with Gasteiger partial charge in [-0.1, -0.05) is 24.3 Å². The van der Waals surface area contributed by atoms with E-state index in [2.05, 4.69) is 9.97 Å². The van der Waals surface area contributed by atoms with Gasteiger partial charge in [-0.2, -0.15) is 10.5 Å². The minimum absolute atomic E-state index is 0.00988. The summed E-state index contributed by atoms with van der Waals surface area (Å²) in [5.41, 5.74) is 0.553. The average Bonchev–Trinajstić information content (AvgIpc) is 1.68. The van der Waals surface area contributed by atoms with Gasteiger partial charge < -0.3 is 32.8 Å². The molecule has 15 nitrogen and oxygen atoms in total. The Morgan fingerprint density at radius 2 is 0.933 bits per heavy atom. The van der Waals surface area contributed by atoms with Crippen molar-refractivity contribution in [1.82, 2.24) is 29.1 Å². The summed E-state index contributed by atoms with van der Waals surface area (Å²) in [7, 11) is 0. The van der Waals surface area contributed by atoms with Crippen molar-refractivity contribution in [2.45, 2.75) is 89.9 Å². The number of pyridine rings is 2. The molecule has 10 aromatic rings. The van der Waals surface area contributed by atoms with Gasteiger partial charge in [0.2, 0.25) is 11.8 Å². The first-order valence-corrected chi connectivity index (χ1v) is 28.3. The lowest BCUT2D eigenvalue weighted by Crippen LogP contribution is -2.31. The molecule has 89 heavy (non-hydrogen) atoms. The number of carbonyl (C=O) groups is 2. The number of esters is 2. The molecule has 12 rings (SSSR count). The lowest BCUT2D eigenvalue weighted by atomic mass is 9.97. The normalized spacial score (nSPS) is 15.9. The van der Waals surface area contributed by atoms with Gasteiger partial charge in [0, 0.05) is 60.4 Å². The van der Waals surface area contributed by atoms with Crippen LogP contribution in [0.15, 0.2) is 133 Å². The van der Waals surface area contributed by atoms with Crippen molar-refractivity contribution >= 4 is 34.0 Å². The molecular formula is C68H52F6N8O7. The van der Waals surface area contributed by atoms with E-state index < -0.39 is 58.0 Å². The number of fused-ring (bicyclic) bond motifs is 2. The second-order valence-corrected chi connectivity index (χ2v) is 22.7. The van der Waals surface area contributed by atoms with Crippen molar-refractivity contribution < 1.29 is 59.6 Å². The summed E-state index contributed by atoms with van der Waals surface area (Å²) in [6.07, 6.45) is 0.657. The summed E-state index contributed by atoms with van der Waals surface area (Å²) in [5.74, 6) is -5.61. The van der Waals surface area contributed by atoms with Crippen LogP contribution < -0.4 is 9.47 Å². The van der Waals surface area contributed by atoms with Crippen LogP contribution in [0.1, 0.15) is 118 Å². The number of imidazole rings is 2. The molecule has 0 spiro atoms. The Balaban J connectivity index is 0.787. The number of ether oxygens (including phenoxy) is 5. The molecule has 0 aliphatic carbocycles. The zero-order chi connectivity index (χ0) is 62.5. The molecule has 0 N–H and O–H groups in total. The van der Waals surface area contributed by atoms with E-state index in [1.807, 2.05) is 49.0 Å². The molecule has 2 saturated heterocycles. The summed E-state index contributed by atoms with van der Waals surface area (Å²) in [4.78, 5) is 46.6. The molecule has 2 aliphatic heterocycles. The number of benzene rings is 6. The average molecular weight is 1210 g/mol. The summed E-state index contributed by atoms with van der Waals surface area (Å²) >= 11 is 0. The van der Waals surface area contributed by atoms with Gasteiger partial charge in [-0.25, -0.2) is 55.9 Å². The molecule has 21 heteroatoms. The number of hydrogen-bond donors (Lipinski definition) is 0. The fraction of sp³-hybridized carbons (Fsp3) is 0.235. The Bertz CT molecular complexity index is 4300. The smallest absolute Gasteiger partial charge is 0.346 e. The van der Waals surface area contributed by atoms with Crippen LogP contribution in [0, 0.1) is 57.6 Å². The zero-order valence-corrected chi connectivity index (χ0v) is 48.2. The summed E-state index contributed by atoms with van der Waals surface area (Å²) in [6.45, 7) is 7.86. The van der Waals surface area contributed by atoms with Crippen molar-refractivity contribution in [3.8, 4) is 46.4 Å². The topological polar surface area (TPSA) is 189 Å². The molecular weight excluding hydrogens is 1150 g/mol. The number of rotatable bonds is 16. The summed E-state index contributed by atoms with van der Waals surface area (Å²) < 4.78 is 127. The van der Waals surface area contributed by atoms with Crippen molar-refractivity contribution in [3.05, 3.63) is 225 Å². The van der Waals surface area contributed by atoms with Gasteiger partial charge in [-0.05, 0) is 149 Å². The highest BCUT2D eigenvalue weighted by Gasteiger charge is 2.41. The van der Waals surface area contributed by atoms with E-state index in [0.29, 0.717) is 59.8 Å². The first-order valence-electron chi connectivity index (χ1n) is 28.3. The van der Waals surface area contributed by atoms with E-state index in [-0.39, 0.29) is 117 Å². The van der Waals surface area contributed by atoms with E-state index in [4.69, 9.17) is 44.2 Å². The number of carbonyl (C=O) groups excluding carboxylic acids is 2. The molecule has 4 aromatic heterocycles. The van der Waals surface area contributed by atoms with Crippen molar-refractivity contribution in [1.29, 1.82) is 10.5 Å². The van der Waals surface area contributed by atoms with E-state index in [1.165, 1.54) is 72.8 Å². The number of nitrogens with zero attached hydrogens (tertiary/aromatic N) is 8. The molecule has 448 valence electrons. The van der Waals surface area contributed by atoms with Crippen LogP contribution in [-0.4, -0.2) is 65.4 Å². The monoisotopic (exact) mass is 1210 g/mol. The van der Waals surface area contributed by atoms with Crippen LogP contribution in [0.5, 0.6) is 11.8 Å². The lowest BCUT2D eigenvalue weighted by molar-refractivity contribution is 0.0144. The van der Waals surface area contributed by atoms with Crippen LogP contribution in [-0.2, 0) is 40.3 Å². The number of nitriles is 2. The van der Waals surface area contributed by atoms with Gasteiger partial charge in [0.05, 0.1) is 91.1 Å². The Hall–Kier alpha value is -10.2. The van der Waals surface area contributed by atoms with Crippen molar-refractivity contribution in [3.63, 3.8) is 0 Å². The maximum atomic E-state index is 16.3. The molecule has 6 aromatic carbocycles. The lowest BCUT2D eigenvalue weighted by Gasteiger charge is -2.29. The minimum atomic E-state index is -0.991. The van der Waals surface area contributed by atoms with Gasteiger partial charge in [0.25, 0.3) is 0 Å². The van der Waals surface area contributed by atoms with Crippen LogP contribution in [0.4, 0.5) is 26.3 Å². The number of halogens is 6. The maximum absolute atomic E-state index is 16.3. The first kappa shape index (κ1) is 59.1. The minimum Gasteiger partial charge on any atom is -0.473 e.